The number of nitrogens with zero attached hydrogens (tertiary/aromatic N) is 2. The van der Waals surface area contributed by atoms with E-state index < -0.39 is 0 Å². The monoisotopic (exact) mass is 339 g/mol. The second kappa shape index (κ2) is 7.01. The molecular formula is C19H25N5O. The quantitative estimate of drug-likeness (QED) is 0.737. The highest BCUT2D eigenvalue weighted by Gasteiger charge is 2.36. The number of fused-ring (bicyclic) bond motifs is 1. The van der Waals surface area contributed by atoms with Crippen molar-refractivity contribution in [3.05, 3.63) is 47.4 Å². The standard InChI is InChI=1S/C19H25N5O/c1-4-7-22-19(25)15-11-24-9-8-21-18(17(24)13(15)3)23-16-10-14(20)6-5-12(16)2/h5-6,8-10,15H,4,7,11,20H2,1-3H3,(H,21,23)(H,22,25). The first-order valence-corrected chi connectivity index (χ1v) is 8.64. The first-order valence-electron chi connectivity index (χ1n) is 8.64. The average Bonchev–Trinajstić information content (AvgIpc) is 2.94. The van der Waals surface area contributed by atoms with Crippen LogP contribution in [0, 0.1) is 12.8 Å². The minimum atomic E-state index is -0.154. The summed E-state index contributed by atoms with van der Waals surface area (Å²) in [7, 11) is 0. The van der Waals surface area contributed by atoms with Crippen molar-refractivity contribution in [3.8, 4) is 0 Å². The fourth-order valence-electron chi connectivity index (χ4n) is 3.17. The van der Waals surface area contributed by atoms with Gasteiger partial charge in [-0.25, -0.2) is 4.99 Å². The summed E-state index contributed by atoms with van der Waals surface area (Å²) in [4.78, 5) is 19.0. The minimum absolute atomic E-state index is 0.0779. The lowest BCUT2D eigenvalue weighted by atomic mass is 10.0. The zero-order valence-electron chi connectivity index (χ0n) is 15.0. The summed E-state index contributed by atoms with van der Waals surface area (Å²) in [6.45, 7) is 7.43. The Balaban J connectivity index is 1.87. The number of nitrogens with two attached hydrogens (primary N) is 1. The number of rotatable bonds is 4. The number of hydrogen-bond donors (Lipinski definition) is 3. The first kappa shape index (κ1) is 17.1. The fourth-order valence-corrected chi connectivity index (χ4v) is 3.17. The molecule has 0 fully saturated rings. The maximum Gasteiger partial charge on any atom is 0.229 e. The Hall–Kier alpha value is -2.76. The van der Waals surface area contributed by atoms with Gasteiger partial charge in [0.1, 0.15) is 0 Å². The summed E-state index contributed by atoms with van der Waals surface area (Å²) < 4.78 is 0. The number of nitrogen functional groups attached to an aromatic ring is 1. The van der Waals surface area contributed by atoms with E-state index in [9.17, 15) is 4.79 Å². The molecule has 2 aliphatic rings. The molecule has 132 valence electrons. The Morgan fingerprint density at radius 3 is 2.96 bits per heavy atom. The van der Waals surface area contributed by atoms with E-state index >= 15 is 0 Å². The second-order valence-electron chi connectivity index (χ2n) is 6.50. The predicted octanol–water partition coefficient (Wildman–Crippen LogP) is 2.60. The first-order chi connectivity index (χ1) is 12.0. The highest BCUT2D eigenvalue weighted by Crippen LogP contribution is 2.32. The molecule has 0 spiro atoms. The molecule has 2 aliphatic heterocycles. The van der Waals surface area contributed by atoms with Gasteiger partial charge in [-0.05, 0) is 43.5 Å². The van der Waals surface area contributed by atoms with Crippen LogP contribution in [0.4, 0.5) is 11.4 Å². The number of amides is 1. The molecule has 0 aliphatic carbocycles. The highest BCUT2D eigenvalue weighted by molar-refractivity contribution is 6.10. The highest BCUT2D eigenvalue weighted by atomic mass is 16.1. The van der Waals surface area contributed by atoms with Crippen molar-refractivity contribution in [3.63, 3.8) is 0 Å². The van der Waals surface area contributed by atoms with Crippen molar-refractivity contribution in [1.29, 1.82) is 0 Å². The molecule has 6 nitrogen and oxygen atoms in total. The van der Waals surface area contributed by atoms with Crippen molar-refractivity contribution in [2.24, 2.45) is 10.9 Å². The van der Waals surface area contributed by atoms with Gasteiger partial charge in [-0.1, -0.05) is 13.0 Å². The van der Waals surface area contributed by atoms with Gasteiger partial charge in [-0.3, -0.25) is 4.79 Å². The zero-order chi connectivity index (χ0) is 18.0. The lowest BCUT2D eigenvalue weighted by molar-refractivity contribution is -0.123. The van der Waals surface area contributed by atoms with Crippen molar-refractivity contribution < 1.29 is 4.79 Å². The largest absolute Gasteiger partial charge is 0.399 e. The number of amidine groups is 1. The Labute approximate surface area is 148 Å². The number of nitrogens with one attached hydrogen (secondary N) is 2. The van der Waals surface area contributed by atoms with Crippen molar-refractivity contribution in [2.45, 2.75) is 27.2 Å². The summed E-state index contributed by atoms with van der Waals surface area (Å²) in [5, 5.41) is 6.38. The molecule has 3 rings (SSSR count). The van der Waals surface area contributed by atoms with E-state index in [0.717, 1.165) is 34.8 Å². The number of hydrogen-bond acceptors (Lipinski definition) is 5. The molecule has 25 heavy (non-hydrogen) atoms. The third-order valence-electron chi connectivity index (χ3n) is 4.62. The number of aliphatic imine (C=N–C) groups is 1. The van der Waals surface area contributed by atoms with Crippen LogP contribution in [-0.2, 0) is 4.79 Å². The predicted molar refractivity (Wildman–Crippen MR) is 102 cm³/mol. The number of carbonyl (C=O) groups excluding carboxylic acids is 1. The normalized spacial score (nSPS) is 18.9. The van der Waals surface area contributed by atoms with Gasteiger partial charge in [0.2, 0.25) is 5.91 Å². The molecule has 4 N–H and O–H groups in total. The van der Waals surface area contributed by atoms with E-state index in [-0.39, 0.29) is 11.8 Å². The number of anilines is 2. The second-order valence-corrected chi connectivity index (χ2v) is 6.50. The van der Waals surface area contributed by atoms with Gasteiger partial charge in [0.05, 0.1) is 11.6 Å². The van der Waals surface area contributed by atoms with Crippen LogP contribution in [0.3, 0.4) is 0 Å². The van der Waals surface area contributed by atoms with Gasteiger partial charge in [-0.2, -0.15) is 0 Å². The zero-order valence-corrected chi connectivity index (χ0v) is 15.0. The van der Waals surface area contributed by atoms with Gasteiger partial charge < -0.3 is 21.3 Å². The van der Waals surface area contributed by atoms with Gasteiger partial charge in [-0.15, -0.1) is 0 Å². The van der Waals surface area contributed by atoms with Crippen LogP contribution in [0.5, 0.6) is 0 Å². The summed E-state index contributed by atoms with van der Waals surface area (Å²) in [6.07, 6.45) is 4.61. The molecule has 1 aromatic carbocycles. The maximum absolute atomic E-state index is 12.4. The summed E-state index contributed by atoms with van der Waals surface area (Å²) in [6, 6.07) is 5.76. The molecular weight excluding hydrogens is 314 g/mol. The molecule has 1 amide bonds. The van der Waals surface area contributed by atoms with Gasteiger partial charge >= 0.3 is 0 Å². The summed E-state index contributed by atoms with van der Waals surface area (Å²) in [5.41, 5.74) is 10.6. The number of aryl methyl sites for hydroxylation is 1. The van der Waals surface area contributed by atoms with Crippen LogP contribution in [0.25, 0.3) is 0 Å². The molecule has 0 saturated carbocycles. The fraction of sp³-hybridized carbons (Fsp3) is 0.368. The summed E-state index contributed by atoms with van der Waals surface area (Å²) >= 11 is 0. The molecule has 1 atom stereocenters. The van der Waals surface area contributed by atoms with Crippen molar-refractivity contribution in [1.82, 2.24) is 10.2 Å². The Morgan fingerprint density at radius 2 is 2.20 bits per heavy atom. The van der Waals surface area contributed by atoms with Crippen LogP contribution in [-0.4, -0.2) is 29.7 Å². The third-order valence-corrected chi connectivity index (χ3v) is 4.62. The van der Waals surface area contributed by atoms with E-state index in [1.54, 1.807) is 6.20 Å². The molecule has 0 radical (unpaired) electrons. The van der Waals surface area contributed by atoms with Crippen LogP contribution in [0.15, 0.2) is 46.9 Å². The number of benzene rings is 1. The third kappa shape index (κ3) is 3.38. The topological polar surface area (TPSA) is 82.8 Å². The smallest absolute Gasteiger partial charge is 0.229 e. The molecule has 1 unspecified atom stereocenters. The Morgan fingerprint density at radius 1 is 1.40 bits per heavy atom. The van der Waals surface area contributed by atoms with E-state index in [4.69, 9.17) is 5.73 Å². The maximum atomic E-state index is 12.4. The number of carbonyl (C=O) groups is 1. The molecule has 2 heterocycles. The lowest BCUT2D eigenvalue weighted by Gasteiger charge is -2.24. The SMILES string of the molecule is CCCNC(=O)C1CN2C=CN=C(Nc3cc(N)ccc3C)C2=C1C. The van der Waals surface area contributed by atoms with Crippen LogP contribution in [0.1, 0.15) is 25.8 Å². The van der Waals surface area contributed by atoms with Crippen LogP contribution >= 0.6 is 0 Å². The summed E-state index contributed by atoms with van der Waals surface area (Å²) in [5.74, 6) is 0.673. The van der Waals surface area contributed by atoms with Crippen molar-refractivity contribution in [2.75, 3.05) is 24.1 Å². The van der Waals surface area contributed by atoms with Crippen LogP contribution < -0.4 is 16.4 Å². The Bertz CT molecular complexity index is 778. The minimum Gasteiger partial charge on any atom is -0.399 e. The van der Waals surface area contributed by atoms with E-state index in [1.165, 1.54) is 0 Å². The van der Waals surface area contributed by atoms with Gasteiger partial charge in [0, 0.05) is 36.9 Å². The van der Waals surface area contributed by atoms with Crippen LogP contribution in [0.2, 0.25) is 0 Å². The van der Waals surface area contributed by atoms with Gasteiger partial charge in [0.15, 0.2) is 5.84 Å². The molecule has 0 bridgehead atoms. The molecule has 6 heteroatoms. The van der Waals surface area contributed by atoms with Crippen molar-refractivity contribution >= 4 is 23.1 Å². The Kier molecular flexibility index (Phi) is 4.79. The van der Waals surface area contributed by atoms with E-state index in [0.29, 0.717) is 18.8 Å². The molecule has 0 saturated heterocycles. The average molecular weight is 339 g/mol. The van der Waals surface area contributed by atoms with E-state index in [1.807, 2.05) is 38.2 Å². The lowest BCUT2D eigenvalue weighted by Crippen LogP contribution is -2.34. The van der Waals surface area contributed by atoms with Gasteiger partial charge in [0.25, 0.3) is 0 Å². The molecule has 1 aromatic rings. The molecule has 0 aromatic heterocycles. The van der Waals surface area contributed by atoms with E-state index in [2.05, 4.69) is 27.4 Å².